The number of aromatic nitrogens is 4. The number of anilines is 3. The van der Waals surface area contributed by atoms with Crippen LogP contribution in [0.3, 0.4) is 0 Å². The Labute approximate surface area is 165 Å². The van der Waals surface area contributed by atoms with Gasteiger partial charge < -0.3 is 15.1 Å². The lowest BCUT2D eigenvalue weighted by Crippen LogP contribution is -2.47. The molecular weight excluding hydrogens is 350 g/mol. The Morgan fingerprint density at radius 2 is 1.57 bits per heavy atom. The van der Waals surface area contributed by atoms with Crippen LogP contribution in [0.15, 0.2) is 54.9 Å². The largest absolute Gasteiger partial charge is 0.353 e. The number of rotatable bonds is 5. The summed E-state index contributed by atoms with van der Waals surface area (Å²) in [7, 11) is 0. The van der Waals surface area contributed by atoms with Crippen LogP contribution in [0.5, 0.6) is 0 Å². The summed E-state index contributed by atoms with van der Waals surface area (Å²) in [6.45, 7) is 7.63. The van der Waals surface area contributed by atoms with Crippen molar-refractivity contribution in [2.75, 3.05) is 41.3 Å². The molecule has 1 aromatic carbocycles. The molecule has 0 spiro atoms. The Hall–Kier alpha value is -3.22. The molecule has 1 saturated heterocycles. The lowest BCUT2D eigenvalue weighted by atomic mass is 10.1. The number of nitrogens with one attached hydrogen (secondary N) is 1. The number of aryl methyl sites for hydroxylation is 1. The maximum Gasteiger partial charge on any atom is 0.225 e. The Morgan fingerprint density at radius 3 is 2.29 bits per heavy atom. The number of hydrogen-bond donors (Lipinski definition) is 1. The first-order valence-corrected chi connectivity index (χ1v) is 9.63. The van der Waals surface area contributed by atoms with Crippen LogP contribution in [-0.2, 0) is 0 Å². The van der Waals surface area contributed by atoms with E-state index in [1.807, 2.05) is 37.3 Å². The number of piperazine rings is 1. The van der Waals surface area contributed by atoms with Gasteiger partial charge in [-0.1, -0.05) is 30.3 Å². The molecule has 1 atom stereocenters. The van der Waals surface area contributed by atoms with Gasteiger partial charge in [0, 0.05) is 50.3 Å². The van der Waals surface area contributed by atoms with Gasteiger partial charge in [-0.15, -0.1) is 0 Å². The molecule has 7 heteroatoms. The van der Waals surface area contributed by atoms with E-state index >= 15 is 0 Å². The smallest absolute Gasteiger partial charge is 0.225 e. The fraction of sp³-hybridized carbons (Fsp3) is 0.333. The van der Waals surface area contributed by atoms with Crippen LogP contribution in [-0.4, -0.2) is 46.1 Å². The monoisotopic (exact) mass is 375 g/mol. The standard InChI is InChI=1S/C21H25N7/c1-16-15-19(26-20(24-16)25-17(2)18-7-4-3-5-8-18)27-11-13-28(14-12-27)21-22-9-6-10-23-21/h3-10,15,17H,11-14H2,1-2H3,(H,24,25,26). The van der Waals surface area contributed by atoms with Crippen LogP contribution in [0.4, 0.5) is 17.7 Å². The molecule has 7 nitrogen and oxygen atoms in total. The lowest BCUT2D eigenvalue weighted by molar-refractivity contribution is 0.633. The third-order valence-electron chi connectivity index (χ3n) is 4.92. The molecule has 144 valence electrons. The molecule has 1 unspecified atom stereocenters. The van der Waals surface area contributed by atoms with Crippen molar-refractivity contribution >= 4 is 17.7 Å². The van der Waals surface area contributed by atoms with Crippen molar-refractivity contribution in [3.63, 3.8) is 0 Å². The summed E-state index contributed by atoms with van der Waals surface area (Å²) < 4.78 is 0. The molecule has 0 radical (unpaired) electrons. The van der Waals surface area contributed by atoms with Gasteiger partial charge in [-0.05, 0) is 25.5 Å². The lowest BCUT2D eigenvalue weighted by Gasteiger charge is -2.35. The second kappa shape index (κ2) is 8.21. The second-order valence-corrected chi connectivity index (χ2v) is 6.99. The average Bonchev–Trinajstić information content (AvgIpc) is 2.75. The topological polar surface area (TPSA) is 70.1 Å². The molecule has 4 rings (SSSR count). The first-order chi connectivity index (χ1) is 13.7. The minimum absolute atomic E-state index is 0.142. The normalized spacial score (nSPS) is 15.4. The van der Waals surface area contributed by atoms with E-state index in [-0.39, 0.29) is 6.04 Å². The molecular formula is C21H25N7. The molecule has 3 heterocycles. The zero-order valence-corrected chi connectivity index (χ0v) is 16.3. The molecule has 1 aliphatic rings. The van der Waals surface area contributed by atoms with Gasteiger partial charge in [0.05, 0.1) is 6.04 Å². The number of nitrogens with zero attached hydrogens (tertiary/aromatic N) is 6. The molecule has 0 bridgehead atoms. The Kier molecular flexibility index (Phi) is 5.32. The zero-order chi connectivity index (χ0) is 19.3. The van der Waals surface area contributed by atoms with E-state index in [0.29, 0.717) is 5.95 Å². The van der Waals surface area contributed by atoms with Crippen molar-refractivity contribution < 1.29 is 0 Å². The second-order valence-electron chi connectivity index (χ2n) is 6.99. The van der Waals surface area contributed by atoms with Crippen molar-refractivity contribution in [3.05, 3.63) is 66.1 Å². The first kappa shape index (κ1) is 18.2. The average molecular weight is 375 g/mol. The van der Waals surface area contributed by atoms with Gasteiger partial charge in [0.1, 0.15) is 5.82 Å². The first-order valence-electron chi connectivity index (χ1n) is 9.63. The molecule has 2 aromatic heterocycles. The highest BCUT2D eigenvalue weighted by molar-refractivity contribution is 5.47. The summed E-state index contributed by atoms with van der Waals surface area (Å²) in [5.41, 5.74) is 2.17. The quantitative estimate of drug-likeness (QED) is 0.735. The van der Waals surface area contributed by atoms with Gasteiger partial charge in [-0.25, -0.2) is 15.0 Å². The summed E-state index contributed by atoms with van der Waals surface area (Å²) in [5, 5.41) is 3.43. The predicted molar refractivity (Wildman–Crippen MR) is 112 cm³/mol. The Morgan fingerprint density at radius 1 is 0.893 bits per heavy atom. The van der Waals surface area contributed by atoms with Crippen LogP contribution in [0.2, 0.25) is 0 Å². The van der Waals surface area contributed by atoms with Gasteiger partial charge in [-0.2, -0.15) is 4.98 Å². The molecule has 3 aromatic rings. The van der Waals surface area contributed by atoms with Gasteiger partial charge in [0.2, 0.25) is 11.9 Å². The molecule has 1 fully saturated rings. The third kappa shape index (κ3) is 4.19. The van der Waals surface area contributed by atoms with Gasteiger partial charge in [-0.3, -0.25) is 0 Å². The fourth-order valence-electron chi connectivity index (χ4n) is 3.39. The highest BCUT2D eigenvalue weighted by Crippen LogP contribution is 2.21. The molecule has 28 heavy (non-hydrogen) atoms. The third-order valence-corrected chi connectivity index (χ3v) is 4.92. The van der Waals surface area contributed by atoms with E-state index in [1.165, 1.54) is 5.56 Å². The summed E-state index contributed by atoms with van der Waals surface area (Å²) in [6.07, 6.45) is 3.57. The van der Waals surface area contributed by atoms with E-state index in [4.69, 9.17) is 4.98 Å². The molecule has 1 aliphatic heterocycles. The van der Waals surface area contributed by atoms with Crippen molar-refractivity contribution in [1.82, 2.24) is 19.9 Å². The van der Waals surface area contributed by atoms with Crippen LogP contribution in [0, 0.1) is 6.92 Å². The van der Waals surface area contributed by atoms with E-state index in [0.717, 1.165) is 43.6 Å². The molecule has 0 aliphatic carbocycles. The molecule has 0 saturated carbocycles. The summed E-state index contributed by atoms with van der Waals surface area (Å²) in [6, 6.07) is 14.4. The van der Waals surface area contributed by atoms with E-state index in [2.05, 4.69) is 49.1 Å². The van der Waals surface area contributed by atoms with E-state index in [9.17, 15) is 0 Å². The van der Waals surface area contributed by atoms with Crippen molar-refractivity contribution in [3.8, 4) is 0 Å². The summed E-state index contributed by atoms with van der Waals surface area (Å²) >= 11 is 0. The highest BCUT2D eigenvalue weighted by atomic mass is 15.3. The maximum absolute atomic E-state index is 4.77. The Balaban J connectivity index is 1.44. The fourth-order valence-corrected chi connectivity index (χ4v) is 3.39. The van der Waals surface area contributed by atoms with Crippen molar-refractivity contribution in [2.45, 2.75) is 19.9 Å². The van der Waals surface area contributed by atoms with Crippen LogP contribution >= 0.6 is 0 Å². The van der Waals surface area contributed by atoms with Crippen LogP contribution in [0.25, 0.3) is 0 Å². The van der Waals surface area contributed by atoms with Crippen molar-refractivity contribution in [2.24, 2.45) is 0 Å². The van der Waals surface area contributed by atoms with Crippen LogP contribution < -0.4 is 15.1 Å². The van der Waals surface area contributed by atoms with E-state index < -0.39 is 0 Å². The Bertz CT molecular complexity index is 893. The maximum atomic E-state index is 4.77. The minimum Gasteiger partial charge on any atom is -0.353 e. The van der Waals surface area contributed by atoms with Crippen molar-refractivity contribution in [1.29, 1.82) is 0 Å². The minimum atomic E-state index is 0.142. The van der Waals surface area contributed by atoms with Gasteiger partial charge >= 0.3 is 0 Å². The van der Waals surface area contributed by atoms with Gasteiger partial charge in [0.15, 0.2) is 0 Å². The zero-order valence-electron chi connectivity index (χ0n) is 16.3. The SMILES string of the molecule is Cc1cc(N2CCN(c3ncccn3)CC2)nc(NC(C)c2ccccc2)n1. The highest BCUT2D eigenvalue weighted by Gasteiger charge is 2.20. The number of hydrogen-bond acceptors (Lipinski definition) is 7. The van der Waals surface area contributed by atoms with Gasteiger partial charge in [0.25, 0.3) is 0 Å². The molecule has 0 amide bonds. The molecule has 1 N–H and O–H groups in total. The summed E-state index contributed by atoms with van der Waals surface area (Å²) in [4.78, 5) is 22.6. The summed E-state index contributed by atoms with van der Waals surface area (Å²) in [5.74, 6) is 2.42. The predicted octanol–water partition coefficient (Wildman–Crippen LogP) is 3.07. The number of benzene rings is 1. The van der Waals surface area contributed by atoms with Crippen LogP contribution in [0.1, 0.15) is 24.2 Å². The van der Waals surface area contributed by atoms with E-state index in [1.54, 1.807) is 12.4 Å².